The summed E-state index contributed by atoms with van der Waals surface area (Å²) in [5.74, 6) is 2.16. The molecule has 7 heteroatoms. The summed E-state index contributed by atoms with van der Waals surface area (Å²) in [6.07, 6.45) is 0. The van der Waals surface area contributed by atoms with Crippen molar-refractivity contribution in [2.45, 2.75) is 6.92 Å². The largest absolute Gasteiger partial charge is 0.338 e. The summed E-state index contributed by atoms with van der Waals surface area (Å²) in [4.78, 5) is 30.5. The molecule has 3 fully saturated rings. The average Bonchev–Trinajstić information content (AvgIpc) is 3.56. The minimum absolute atomic E-state index is 0. The number of aromatic amines is 1. The normalized spacial score (nSPS) is 25.4. The maximum absolute atomic E-state index is 13.3. The Labute approximate surface area is 199 Å². The number of aromatic nitrogens is 3. The molecule has 4 aromatic rings. The molecular formula is C27H29N5O2. The van der Waals surface area contributed by atoms with Crippen LogP contribution in [0.2, 0.25) is 0 Å². The zero-order valence-electron chi connectivity index (χ0n) is 18.9. The summed E-state index contributed by atoms with van der Waals surface area (Å²) >= 11 is 0. The van der Waals surface area contributed by atoms with Crippen LogP contribution in [0.4, 0.5) is 0 Å². The van der Waals surface area contributed by atoms with E-state index >= 15 is 0 Å². The van der Waals surface area contributed by atoms with Crippen molar-refractivity contribution in [1.82, 2.24) is 25.2 Å². The third-order valence-corrected chi connectivity index (χ3v) is 8.30. The highest BCUT2D eigenvalue weighted by molar-refractivity contribution is 5.99. The monoisotopic (exact) mass is 455 g/mol. The van der Waals surface area contributed by atoms with Crippen molar-refractivity contribution in [1.29, 1.82) is 0 Å². The van der Waals surface area contributed by atoms with Crippen molar-refractivity contribution in [3.63, 3.8) is 0 Å². The van der Waals surface area contributed by atoms with Crippen molar-refractivity contribution >= 4 is 33.6 Å². The number of hydrogen-bond donors (Lipinski definition) is 1. The van der Waals surface area contributed by atoms with E-state index in [-0.39, 0.29) is 14.7 Å². The topological polar surface area (TPSA) is 82.2 Å². The van der Waals surface area contributed by atoms with Crippen molar-refractivity contribution in [3.05, 3.63) is 71.3 Å². The first-order chi connectivity index (χ1) is 16.5. The molecule has 1 N–H and O–H groups in total. The van der Waals surface area contributed by atoms with Crippen LogP contribution in [0.5, 0.6) is 0 Å². The number of likely N-dealkylation sites (tertiary alicyclic amines) is 2. The second-order valence-corrected chi connectivity index (χ2v) is 10.2. The summed E-state index contributed by atoms with van der Waals surface area (Å²) in [6.45, 7) is 5.22. The lowest BCUT2D eigenvalue weighted by Gasteiger charge is -2.42. The van der Waals surface area contributed by atoms with Gasteiger partial charge in [-0.3, -0.25) is 9.59 Å². The fourth-order valence-corrected chi connectivity index (χ4v) is 6.54. The highest BCUT2D eigenvalue weighted by Gasteiger charge is 2.59. The summed E-state index contributed by atoms with van der Waals surface area (Å²) in [6, 6.07) is 17.8. The van der Waals surface area contributed by atoms with E-state index in [1.807, 2.05) is 46.2 Å². The van der Waals surface area contributed by atoms with E-state index in [1.165, 1.54) is 5.56 Å². The number of aryl methyl sites for hydroxylation is 1. The molecule has 7 rings (SSSR count). The first-order valence-corrected chi connectivity index (χ1v) is 11.9. The maximum Gasteiger partial charge on any atom is 0.253 e. The maximum atomic E-state index is 13.3. The highest BCUT2D eigenvalue weighted by atomic mass is 16.2. The first kappa shape index (κ1) is 19.7. The number of amides is 2. The molecule has 34 heavy (non-hydrogen) atoms. The van der Waals surface area contributed by atoms with Gasteiger partial charge in [0.2, 0.25) is 0 Å². The molecule has 1 saturated carbocycles. The fraction of sp³-hybridized carbons (Fsp3) is 0.333. The zero-order valence-corrected chi connectivity index (χ0v) is 18.9. The molecule has 2 aliphatic heterocycles. The Hall–Kier alpha value is -3.74. The lowest BCUT2D eigenvalue weighted by Crippen LogP contribution is -2.44. The molecule has 2 unspecified atom stereocenters. The molecule has 3 heterocycles. The molecule has 1 aliphatic carbocycles. The molecule has 0 radical (unpaired) electrons. The van der Waals surface area contributed by atoms with Gasteiger partial charge in [0.1, 0.15) is 11.0 Å². The number of nitrogens with one attached hydrogen (secondary N) is 1. The quantitative estimate of drug-likeness (QED) is 0.495. The van der Waals surface area contributed by atoms with E-state index in [9.17, 15) is 9.59 Å². The Balaban J connectivity index is 0.00000133. The molecule has 3 aromatic carbocycles. The summed E-state index contributed by atoms with van der Waals surface area (Å²) < 4.78 is 0. The van der Waals surface area contributed by atoms with Crippen molar-refractivity contribution in [2.24, 2.45) is 23.7 Å². The third-order valence-electron chi connectivity index (χ3n) is 8.30. The van der Waals surface area contributed by atoms with Gasteiger partial charge in [-0.1, -0.05) is 29.8 Å². The molecule has 3 aliphatic rings. The van der Waals surface area contributed by atoms with E-state index < -0.39 is 0 Å². The molecule has 0 spiro atoms. The number of nitrogens with zero attached hydrogens (tertiary/aromatic N) is 4. The number of carbonyl (C=O) groups excluding carboxylic acids is 2. The van der Waals surface area contributed by atoms with E-state index in [0.717, 1.165) is 48.0 Å². The SMILES string of the molecule is Cc1ccc2ccc(C(=O)N3CC4C(C3)[C@@H]3CN(C(=O)c5ccc6n[nH]nc6c5)C[C@H]43)cc2c1.[HH].[HH]. The van der Waals surface area contributed by atoms with Gasteiger partial charge in [-0.05, 0) is 71.7 Å². The molecule has 4 atom stereocenters. The second-order valence-electron chi connectivity index (χ2n) is 10.2. The lowest BCUT2D eigenvalue weighted by molar-refractivity contribution is 0.0629. The Bertz CT molecular complexity index is 1470. The van der Waals surface area contributed by atoms with E-state index in [4.69, 9.17) is 0 Å². The highest BCUT2D eigenvalue weighted by Crippen LogP contribution is 2.54. The van der Waals surface area contributed by atoms with Gasteiger partial charge < -0.3 is 9.80 Å². The Morgan fingerprint density at radius 2 is 1.29 bits per heavy atom. The number of H-pyrrole nitrogens is 1. The van der Waals surface area contributed by atoms with Crippen LogP contribution >= 0.6 is 0 Å². The van der Waals surface area contributed by atoms with Gasteiger partial charge >= 0.3 is 0 Å². The van der Waals surface area contributed by atoms with Gasteiger partial charge in [0.05, 0.1) is 0 Å². The molecule has 1 aromatic heterocycles. The predicted molar refractivity (Wildman–Crippen MR) is 133 cm³/mol. The Kier molecular flexibility index (Phi) is 4.13. The van der Waals surface area contributed by atoms with Crippen molar-refractivity contribution < 1.29 is 12.4 Å². The minimum Gasteiger partial charge on any atom is -0.338 e. The van der Waals surface area contributed by atoms with Gasteiger partial charge in [0, 0.05) is 40.2 Å². The van der Waals surface area contributed by atoms with Gasteiger partial charge in [-0.2, -0.15) is 15.4 Å². The number of hydrogen-bond acceptors (Lipinski definition) is 4. The Morgan fingerprint density at radius 3 is 1.97 bits per heavy atom. The smallest absolute Gasteiger partial charge is 0.253 e. The second kappa shape index (κ2) is 7.13. The van der Waals surface area contributed by atoms with Crippen LogP contribution in [0.1, 0.15) is 29.1 Å². The first-order valence-electron chi connectivity index (χ1n) is 11.9. The molecule has 2 amide bonds. The van der Waals surface area contributed by atoms with Gasteiger partial charge in [-0.25, -0.2) is 0 Å². The number of fused-ring (bicyclic) bond motifs is 6. The average molecular weight is 456 g/mol. The van der Waals surface area contributed by atoms with E-state index in [1.54, 1.807) is 0 Å². The summed E-state index contributed by atoms with van der Waals surface area (Å²) in [7, 11) is 0. The van der Waals surface area contributed by atoms with Gasteiger partial charge in [0.25, 0.3) is 11.8 Å². The fourth-order valence-electron chi connectivity index (χ4n) is 6.54. The van der Waals surface area contributed by atoms with Crippen LogP contribution in [0.15, 0.2) is 54.6 Å². The predicted octanol–water partition coefficient (Wildman–Crippen LogP) is 4.00. The van der Waals surface area contributed by atoms with Gasteiger partial charge in [-0.15, -0.1) is 0 Å². The molecule has 2 saturated heterocycles. The van der Waals surface area contributed by atoms with Crippen LogP contribution in [-0.2, 0) is 0 Å². The molecule has 0 bridgehead atoms. The zero-order chi connectivity index (χ0) is 23.0. The number of carbonyl (C=O) groups is 2. The number of rotatable bonds is 2. The van der Waals surface area contributed by atoms with Gasteiger partial charge in [0.15, 0.2) is 0 Å². The van der Waals surface area contributed by atoms with Crippen LogP contribution in [0, 0.1) is 30.6 Å². The van der Waals surface area contributed by atoms with Crippen LogP contribution < -0.4 is 0 Å². The summed E-state index contributed by atoms with van der Waals surface area (Å²) in [5, 5.41) is 13.0. The third kappa shape index (κ3) is 2.89. The van der Waals surface area contributed by atoms with Crippen molar-refractivity contribution in [2.75, 3.05) is 26.2 Å². The standard InChI is InChI=1S/C27H25N5O2.2H2/c1-15-2-3-16-4-5-17(9-19(16)8-15)26(33)31-11-20-21(12-31)23-14-32(13-22(20)23)27(34)18-6-7-24-25(10-18)29-30-28-24;;/h2-10,20-23H,11-14H2,1H3,(H,28,29,30);2*1H/t20?,21?,22-,23+;;. The van der Waals surface area contributed by atoms with E-state index in [2.05, 4.69) is 40.5 Å². The van der Waals surface area contributed by atoms with Crippen LogP contribution in [0.25, 0.3) is 21.8 Å². The molecule has 7 nitrogen and oxygen atoms in total. The van der Waals surface area contributed by atoms with Crippen LogP contribution in [-0.4, -0.2) is 63.2 Å². The lowest BCUT2D eigenvalue weighted by atomic mass is 9.60. The number of benzene rings is 3. The molecule has 174 valence electrons. The van der Waals surface area contributed by atoms with Crippen LogP contribution in [0.3, 0.4) is 0 Å². The Morgan fingerprint density at radius 1 is 0.735 bits per heavy atom. The molecular weight excluding hydrogens is 426 g/mol. The minimum atomic E-state index is 0. The summed E-state index contributed by atoms with van der Waals surface area (Å²) in [5.41, 5.74) is 4.10. The van der Waals surface area contributed by atoms with E-state index in [0.29, 0.717) is 34.8 Å². The van der Waals surface area contributed by atoms with Crippen molar-refractivity contribution in [3.8, 4) is 0 Å².